The minimum absolute atomic E-state index is 0. The Morgan fingerprint density at radius 1 is 1.29 bits per heavy atom. The number of carbonyl (C=O) groups excluding carboxylic acids is 2. The number of rotatable bonds is 5. The molecule has 0 aliphatic carbocycles. The third-order valence-corrected chi connectivity index (χ3v) is 3.12. The standard InChI is InChI=1S/C15H23N3O2.ClH/c1-5-17-14(19)11-7-6-10(4)12(8-11)18-15(20)13(16)9(2)3;/h6-9,13H,5,16H2,1-4H3,(H,17,19)(H,18,20);1H/t13-;/m1./s1. The van der Waals surface area contributed by atoms with Gasteiger partial charge in [-0.05, 0) is 37.5 Å². The van der Waals surface area contributed by atoms with Crippen LogP contribution in [0.5, 0.6) is 0 Å². The monoisotopic (exact) mass is 313 g/mol. The molecule has 2 amide bonds. The van der Waals surface area contributed by atoms with Crippen molar-refractivity contribution in [1.82, 2.24) is 5.32 Å². The van der Waals surface area contributed by atoms with Gasteiger partial charge >= 0.3 is 0 Å². The van der Waals surface area contributed by atoms with Crippen LogP contribution in [0.1, 0.15) is 36.7 Å². The molecule has 4 N–H and O–H groups in total. The Bertz CT molecular complexity index is 504. The average molecular weight is 314 g/mol. The van der Waals surface area contributed by atoms with Gasteiger partial charge < -0.3 is 16.4 Å². The zero-order valence-corrected chi connectivity index (χ0v) is 13.7. The molecule has 0 saturated carbocycles. The van der Waals surface area contributed by atoms with Gasteiger partial charge in [0.1, 0.15) is 0 Å². The minimum atomic E-state index is -0.567. The first-order chi connectivity index (χ1) is 9.36. The Morgan fingerprint density at radius 2 is 1.90 bits per heavy atom. The molecule has 1 atom stereocenters. The number of halogens is 1. The normalized spacial score (nSPS) is 11.5. The van der Waals surface area contributed by atoms with E-state index in [2.05, 4.69) is 10.6 Å². The van der Waals surface area contributed by atoms with Crippen LogP contribution in [0.15, 0.2) is 18.2 Å². The quantitative estimate of drug-likeness (QED) is 0.778. The molecule has 5 nitrogen and oxygen atoms in total. The zero-order chi connectivity index (χ0) is 15.3. The summed E-state index contributed by atoms with van der Waals surface area (Å²) in [6.07, 6.45) is 0. The van der Waals surface area contributed by atoms with E-state index in [1.54, 1.807) is 18.2 Å². The number of carbonyl (C=O) groups is 2. The van der Waals surface area contributed by atoms with E-state index in [4.69, 9.17) is 5.73 Å². The van der Waals surface area contributed by atoms with Crippen LogP contribution in [0.4, 0.5) is 5.69 Å². The maximum atomic E-state index is 12.0. The van der Waals surface area contributed by atoms with Crippen molar-refractivity contribution in [3.05, 3.63) is 29.3 Å². The molecule has 0 heterocycles. The van der Waals surface area contributed by atoms with Crippen LogP contribution in [0.2, 0.25) is 0 Å². The lowest BCUT2D eigenvalue weighted by Crippen LogP contribution is -2.39. The lowest BCUT2D eigenvalue weighted by Gasteiger charge is -2.17. The number of anilines is 1. The van der Waals surface area contributed by atoms with Gasteiger partial charge in [-0.3, -0.25) is 9.59 Å². The van der Waals surface area contributed by atoms with E-state index < -0.39 is 6.04 Å². The molecule has 1 rings (SSSR count). The first kappa shape index (κ1) is 19.4. The first-order valence-electron chi connectivity index (χ1n) is 6.82. The highest BCUT2D eigenvalue weighted by molar-refractivity contribution is 5.99. The topological polar surface area (TPSA) is 84.2 Å². The van der Waals surface area contributed by atoms with Crippen LogP contribution in [0, 0.1) is 12.8 Å². The molecule has 1 aromatic rings. The fraction of sp³-hybridized carbons (Fsp3) is 0.467. The average Bonchev–Trinajstić information content (AvgIpc) is 2.40. The SMILES string of the molecule is CCNC(=O)c1ccc(C)c(NC(=O)[C@H](N)C(C)C)c1.Cl. The van der Waals surface area contributed by atoms with Gasteiger partial charge in [0.25, 0.3) is 5.91 Å². The molecule has 0 fully saturated rings. The van der Waals surface area contributed by atoms with Crippen molar-refractivity contribution in [3.8, 4) is 0 Å². The Kier molecular flexibility index (Phi) is 7.99. The van der Waals surface area contributed by atoms with Gasteiger partial charge in [-0.25, -0.2) is 0 Å². The van der Waals surface area contributed by atoms with Crippen molar-refractivity contribution >= 4 is 29.9 Å². The van der Waals surface area contributed by atoms with E-state index in [1.807, 2.05) is 27.7 Å². The van der Waals surface area contributed by atoms with E-state index in [0.717, 1.165) is 5.56 Å². The fourth-order valence-electron chi connectivity index (χ4n) is 1.68. The highest BCUT2D eigenvalue weighted by Gasteiger charge is 2.18. The smallest absolute Gasteiger partial charge is 0.251 e. The fourth-order valence-corrected chi connectivity index (χ4v) is 1.68. The highest BCUT2D eigenvalue weighted by Crippen LogP contribution is 2.17. The van der Waals surface area contributed by atoms with Gasteiger partial charge in [0.15, 0.2) is 0 Å². The molecular formula is C15H24ClN3O2. The summed E-state index contributed by atoms with van der Waals surface area (Å²) in [5.74, 6) is -0.339. The number of nitrogens with two attached hydrogens (primary N) is 1. The first-order valence-corrected chi connectivity index (χ1v) is 6.82. The number of nitrogens with one attached hydrogen (secondary N) is 2. The molecule has 0 aliphatic heterocycles. The third kappa shape index (κ3) is 5.36. The van der Waals surface area contributed by atoms with E-state index >= 15 is 0 Å². The molecule has 0 aromatic heterocycles. The molecule has 6 heteroatoms. The summed E-state index contributed by atoms with van der Waals surface area (Å²) < 4.78 is 0. The Balaban J connectivity index is 0.00000400. The van der Waals surface area contributed by atoms with Crippen LogP contribution in [0.25, 0.3) is 0 Å². The summed E-state index contributed by atoms with van der Waals surface area (Å²) in [4.78, 5) is 23.8. The van der Waals surface area contributed by atoms with E-state index in [9.17, 15) is 9.59 Å². The number of aryl methyl sites for hydroxylation is 1. The molecule has 0 aliphatic rings. The highest BCUT2D eigenvalue weighted by atomic mass is 35.5. The minimum Gasteiger partial charge on any atom is -0.352 e. The summed E-state index contributed by atoms with van der Waals surface area (Å²) in [7, 11) is 0. The molecule has 0 bridgehead atoms. The maximum Gasteiger partial charge on any atom is 0.251 e. The second kappa shape index (κ2) is 8.64. The van der Waals surface area contributed by atoms with Crippen LogP contribution in [0.3, 0.4) is 0 Å². The lowest BCUT2D eigenvalue weighted by molar-refractivity contribution is -0.118. The summed E-state index contributed by atoms with van der Waals surface area (Å²) >= 11 is 0. The largest absolute Gasteiger partial charge is 0.352 e. The van der Waals surface area contributed by atoms with Crippen molar-refractivity contribution in [3.63, 3.8) is 0 Å². The van der Waals surface area contributed by atoms with Crippen molar-refractivity contribution in [2.45, 2.75) is 33.7 Å². The summed E-state index contributed by atoms with van der Waals surface area (Å²) in [5, 5.41) is 5.51. The van der Waals surface area contributed by atoms with Crippen LogP contribution in [-0.4, -0.2) is 24.4 Å². The van der Waals surface area contributed by atoms with E-state index in [-0.39, 0.29) is 30.1 Å². The Labute approximate surface area is 132 Å². The molecule has 1 aromatic carbocycles. The van der Waals surface area contributed by atoms with Gasteiger partial charge in [-0.2, -0.15) is 0 Å². The van der Waals surface area contributed by atoms with Crippen molar-refractivity contribution in [2.24, 2.45) is 11.7 Å². The molecule has 0 saturated heterocycles. The third-order valence-electron chi connectivity index (χ3n) is 3.12. The van der Waals surface area contributed by atoms with Gasteiger partial charge in [-0.15, -0.1) is 12.4 Å². The predicted octanol–water partition coefficient (Wildman–Crippen LogP) is 2.09. The molecule has 0 radical (unpaired) electrons. The van der Waals surface area contributed by atoms with Crippen LogP contribution in [-0.2, 0) is 4.79 Å². The van der Waals surface area contributed by atoms with Gasteiger partial charge in [-0.1, -0.05) is 19.9 Å². The number of benzene rings is 1. The van der Waals surface area contributed by atoms with Gasteiger partial charge in [0.2, 0.25) is 5.91 Å². The Hall–Kier alpha value is -1.59. The van der Waals surface area contributed by atoms with E-state index in [0.29, 0.717) is 17.8 Å². The summed E-state index contributed by atoms with van der Waals surface area (Å²) in [6.45, 7) is 8.07. The molecule has 0 spiro atoms. The van der Waals surface area contributed by atoms with Gasteiger partial charge in [0, 0.05) is 17.8 Å². The predicted molar refractivity (Wildman–Crippen MR) is 87.9 cm³/mol. The summed E-state index contributed by atoms with van der Waals surface area (Å²) in [6, 6.07) is 4.65. The number of hydrogen-bond acceptors (Lipinski definition) is 3. The zero-order valence-electron chi connectivity index (χ0n) is 12.9. The number of amides is 2. The molecule has 118 valence electrons. The van der Waals surface area contributed by atoms with E-state index in [1.165, 1.54) is 0 Å². The second-order valence-electron chi connectivity index (χ2n) is 5.15. The lowest BCUT2D eigenvalue weighted by atomic mass is 10.0. The molecular weight excluding hydrogens is 290 g/mol. The van der Waals surface area contributed by atoms with Crippen molar-refractivity contribution in [1.29, 1.82) is 0 Å². The number of hydrogen-bond donors (Lipinski definition) is 3. The maximum absolute atomic E-state index is 12.0. The molecule has 0 unspecified atom stereocenters. The van der Waals surface area contributed by atoms with Crippen molar-refractivity contribution in [2.75, 3.05) is 11.9 Å². The van der Waals surface area contributed by atoms with Crippen LogP contribution >= 0.6 is 12.4 Å². The van der Waals surface area contributed by atoms with Crippen molar-refractivity contribution < 1.29 is 9.59 Å². The Morgan fingerprint density at radius 3 is 2.43 bits per heavy atom. The molecule has 21 heavy (non-hydrogen) atoms. The second-order valence-corrected chi connectivity index (χ2v) is 5.15. The summed E-state index contributed by atoms with van der Waals surface area (Å²) in [5.41, 5.74) is 7.84. The van der Waals surface area contributed by atoms with Crippen LogP contribution < -0.4 is 16.4 Å². The van der Waals surface area contributed by atoms with Gasteiger partial charge in [0.05, 0.1) is 6.04 Å².